The van der Waals surface area contributed by atoms with Crippen molar-refractivity contribution in [1.29, 1.82) is 0 Å². The standard InChI is InChI=1S/C18H22N4O4S/c1-27(24,25)15-4-2-3-14(11-15)18(23)22-9-7-21(8-10-22)12-16-19-17(20-26-16)13-5-6-13/h2-4,11,13H,5-10,12H2,1H3. The zero-order chi connectivity index (χ0) is 19.0. The molecular weight excluding hydrogens is 368 g/mol. The average Bonchev–Trinajstić information content (AvgIpc) is 3.41. The van der Waals surface area contributed by atoms with Gasteiger partial charge in [0.2, 0.25) is 5.89 Å². The molecule has 0 N–H and O–H groups in total. The number of carbonyl (C=O) groups is 1. The first kappa shape index (κ1) is 18.1. The molecule has 1 saturated carbocycles. The van der Waals surface area contributed by atoms with E-state index in [1.54, 1.807) is 17.0 Å². The minimum absolute atomic E-state index is 0.144. The fourth-order valence-electron chi connectivity index (χ4n) is 3.18. The minimum Gasteiger partial charge on any atom is -0.338 e. The summed E-state index contributed by atoms with van der Waals surface area (Å²) in [6.45, 7) is 3.15. The van der Waals surface area contributed by atoms with Crippen LogP contribution in [0.3, 0.4) is 0 Å². The molecule has 2 heterocycles. The summed E-state index contributed by atoms with van der Waals surface area (Å²) in [5.74, 6) is 1.76. The molecule has 4 rings (SSSR count). The van der Waals surface area contributed by atoms with Crippen molar-refractivity contribution in [3.05, 3.63) is 41.5 Å². The van der Waals surface area contributed by atoms with Gasteiger partial charge in [-0.25, -0.2) is 8.42 Å². The topological polar surface area (TPSA) is 96.6 Å². The molecule has 0 atom stereocenters. The Bertz CT molecular complexity index is 944. The van der Waals surface area contributed by atoms with Crippen LogP contribution in [-0.4, -0.2) is 66.7 Å². The highest BCUT2D eigenvalue weighted by molar-refractivity contribution is 7.90. The highest BCUT2D eigenvalue weighted by atomic mass is 32.2. The van der Waals surface area contributed by atoms with Crippen LogP contribution in [0.15, 0.2) is 33.7 Å². The van der Waals surface area contributed by atoms with Gasteiger partial charge in [-0.05, 0) is 31.0 Å². The summed E-state index contributed by atoms with van der Waals surface area (Å²) in [7, 11) is -3.33. The zero-order valence-corrected chi connectivity index (χ0v) is 16.0. The molecule has 1 aromatic carbocycles. The van der Waals surface area contributed by atoms with Crippen molar-refractivity contribution in [2.45, 2.75) is 30.2 Å². The Hall–Kier alpha value is -2.26. The first-order chi connectivity index (χ1) is 12.9. The van der Waals surface area contributed by atoms with Gasteiger partial charge in [0.1, 0.15) is 0 Å². The van der Waals surface area contributed by atoms with E-state index in [-0.39, 0.29) is 10.8 Å². The molecule has 0 radical (unpaired) electrons. The smallest absolute Gasteiger partial charge is 0.253 e. The maximum atomic E-state index is 12.7. The highest BCUT2D eigenvalue weighted by Gasteiger charge is 2.29. The van der Waals surface area contributed by atoms with E-state index in [1.807, 2.05) is 0 Å². The molecule has 8 nitrogen and oxygen atoms in total. The van der Waals surface area contributed by atoms with Crippen LogP contribution in [-0.2, 0) is 16.4 Å². The Kier molecular flexibility index (Phi) is 4.73. The molecule has 9 heteroatoms. The molecule has 1 amide bonds. The van der Waals surface area contributed by atoms with E-state index in [0.29, 0.717) is 50.1 Å². The van der Waals surface area contributed by atoms with Crippen molar-refractivity contribution in [2.24, 2.45) is 0 Å². The second kappa shape index (κ2) is 7.05. The normalized spacial score (nSPS) is 18.6. The Morgan fingerprint density at radius 2 is 1.96 bits per heavy atom. The Morgan fingerprint density at radius 1 is 1.22 bits per heavy atom. The summed E-state index contributed by atoms with van der Waals surface area (Å²) in [4.78, 5) is 21.2. The van der Waals surface area contributed by atoms with Crippen molar-refractivity contribution in [3.8, 4) is 0 Å². The van der Waals surface area contributed by atoms with E-state index in [0.717, 1.165) is 24.9 Å². The van der Waals surface area contributed by atoms with Gasteiger partial charge in [0.15, 0.2) is 15.7 Å². The fraction of sp³-hybridized carbons (Fsp3) is 0.500. The summed E-state index contributed by atoms with van der Waals surface area (Å²) < 4.78 is 28.7. The molecule has 0 spiro atoms. The zero-order valence-electron chi connectivity index (χ0n) is 15.2. The predicted octanol–water partition coefficient (Wildman–Crippen LogP) is 1.31. The van der Waals surface area contributed by atoms with E-state index in [9.17, 15) is 13.2 Å². The van der Waals surface area contributed by atoms with E-state index in [2.05, 4.69) is 15.0 Å². The van der Waals surface area contributed by atoms with Crippen LogP contribution < -0.4 is 0 Å². The van der Waals surface area contributed by atoms with Gasteiger partial charge in [0.25, 0.3) is 5.91 Å². The van der Waals surface area contributed by atoms with Gasteiger partial charge in [-0.1, -0.05) is 11.2 Å². The number of rotatable bonds is 5. The third-order valence-electron chi connectivity index (χ3n) is 4.95. The molecule has 1 aliphatic carbocycles. The largest absolute Gasteiger partial charge is 0.338 e. The second-order valence-corrected chi connectivity index (χ2v) is 9.20. The lowest BCUT2D eigenvalue weighted by atomic mass is 10.2. The lowest BCUT2D eigenvalue weighted by Gasteiger charge is -2.34. The molecule has 2 fully saturated rings. The number of aromatic nitrogens is 2. The van der Waals surface area contributed by atoms with Crippen molar-refractivity contribution in [3.63, 3.8) is 0 Å². The molecule has 2 aromatic rings. The lowest BCUT2D eigenvalue weighted by molar-refractivity contribution is 0.0615. The van der Waals surface area contributed by atoms with Gasteiger partial charge in [-0.15, -0.1) is 0 Å². The average molecular weight is 390 g/mol. The Balaban J connectivity index is 1.35. The van der Waals surface area contributed by atoms with Gasteiger partial charge >= 0.3 is 0 Å². The predicted molar refractivity (Wildman–Crippen MR) is 97.0 cm³/mol. The Morgan fingerprint density at radius 3 is 2.63 bits per heavy atom. The maximum Gasteiger partial charge on any atom is 0.253 e. The van der Waals surface area contributed by atoms with Crippen molar-refractivity contribution in [2.75, 3.05) is 32.4 Å². The number of carbonyl (C=O) groups excluding carboxylic acids is 1. The summed E-state index contributed by atoms with van der Waals surface area (Å²) in [5.41, 5.74) is 0.400. The first-order valence-electron chi connectivity index (χ1n) is 9.04. The van der Waals surface area contributed by atoms with Crippen LogP contribution in [0.4, 0.5) is 0 Å². The number of amides is 1. The summed E-state index contributed by atoms with van der Waals surface area (Å²) in [5, 5.41) is 4.03. The van der Waals surface area contributed by atoms with Crippen LogP contribution in [0.1, 0.15) is 40.8 Å². The maximum absolute atomic E-state index is 12.7. The number of sulfone groups is 1. The number of hydrogen-bond acceptors (Lipinski definition) is 7. The molecule has 0 unspecified atom stereocenters. The fourth-order valence-corrected chi connectivity index (χ4v) is 3.85. The van der Waals surface area contributed by atoms with E-state index in [1.165, 1.54) is 12.1 Å². The van der Waals surface area contributed by atoms with E-state index in [4.69, 9.17) is 4.52 Å². The molecule has 144 valence electrons. The molecule has 1 aromatic heterocycles. The molecule has 2 aliphatic rings. The molecule has 1 aliphatic heterocycles. The van der Waals surface area contributed by atoms with Crippen LogP contribution in [0, 0.1) is 0 Å². The first-order valence-corrected chi connectivity index (χ1v) is 10.9. The SMILES string of the molecule is CS(=O)(=O)c1cccc(C(=O)N2CCN(Cc3nc(C4CC4)no3)CC2)c1. The van der Waals surface area contributed by atoms with Gasteiger partial charge in [-0.2, -0.15) is 4.98 Å². The quantitative estimate of drug-likeness (QED) is 0.759. The monoisotopic (exact) mass is 390 g/mol. The third kappa shape index (κ3) is 4.19. The van der Waals surface area contributed by atoms with E-state index < -0.39 is 9.84 Å². The van der Waals surface area contributed by atoms with Gasteiger partial charge < -0.3 is 9.42 Å². The number of piperazine rings is 1. The summed E-state index contributed by atoms with van der Waals surface area (Å²) in [6, 6.07) is 6.21. The van der Waals surface area contributed by atoms with Gasteiger partial charge in [0.05, 0.1) is 11.4 Å². The van der Waals surface area contributed by atoms with Crippen molar-refractivity contribution >= 4 is 15.7 Å². The molecule has 1 saturated heterocycles. The molecule has 27 heavy (non-hydrogen) atoms. The Labute approximate surface area is 158 Å². The number of nitrogens with zero attached hydrogens (tertiary/aromatic N) is 4. The molecular formula is C18H22N4O4S. The number of hydrogen-bond donors (Lipinski definition) is 0. The second-order valence-electron chi connectivity index (χ2n) is 7.19. The van der Waals surface area contributed by atoms with Crippen molar-refractivity contribution in [1.82, 2.24) is 19.9 Å². The third-order valence-corrected chi connectivity index (χ3v) is 6.06. The van der Waals surface area contributed by atoms with E-state index >= 15 is 0 Å². The highest BCUT2D eigenvalue weighted by Crippen LogP contribution is 2.38. The van der Waals surface area contributed by atoms with Crippen molar-refractivity contribution < 1.29 is 17.7 Å². The van der Waals surface area contributed by atoms with Crippen LogP contribution in [0.5, 0.6) is 0 Å². The van der Waals surface area contributed by atoms with Crippen LogP contribution in [0.25, 0.3) is 0 Å². The molecule has 0 bridgehead atoms. The van der Waals surface area contributed by atoms with Crippen LogP contribution in [0.2, 0.25) is 0 Å². The summed E-state index contributed by atoms with van der Waals surface area (Å²) in [6.07, 6.45) is 3.42. The number of benzene rings is 1. The summed E-state index contributed by atoms with van der Waals surface area (Å²) >= 11 is 0. The lowest BCUT2D eigenvalue weighted by Crippen LogP contribution is -2.48. The van der Waals surface area contributed by atoms with Gasteiger partial charge in [0, 0.05) is 43.9 Å². The minimum atomic E-state index is -3.33. The van der Waals surface area contributed by atoms with Crippen LogP contribution >= 0.6 is 0 Å². The van der Waals surface area contributed by atoms with Gasteiger partial charge in [-0.3, -0.25) is 9.69 Å².